The third kappa shape index (κ3) is 4.79. The number of primary amides is 1. The summed E-state index contributed by atoms with van der Waals surface area (Å²) in [4.78, 5) is 17.7. The Labute approximate surface area is 201 Å². The van der Waals surface area contributed by atoms with Gasteiger partial charge in [0, 0.05) is 25.4 Å². The fourth-order valence-electron chi connectivity index (χ4n) is 5.77. The minimum atomic E-state index is -0.502. The highest BCUT2D eigenvalue weighted by Crippen LogP contribution is 2.51. The van der Waals surface area contributed by atoms with Crippen molar-refractivity contribution in [1.82, 2.24) is 9.88 Å². The van der Waals surface area contributed by atoms with Crippen molar-refractivity contribution in [1.29, 1.82) is 0 Å². The van der Waals surface area contributed by atoms with Crippen LogP contribution in [0.25, 0.3) is 0 Å². The number of carbonyl (C=O) groups is 1. The summed E-state index contributed by atoms with van der Waals surface area (Å²) in [6.45, 7) is 1.95. The largest absolute Gasteiger partial charge is 0.439 e. The molecule has 6 heteroatoms. The SMILES string of the molecule is CN(CCc1ccc(Oc2ccc(C(N)=O)cn2)cc1)CC12CC=CCC1C1CC=CCC1O2. The van der Waals surface area contributed by atoms with Gasteiger partial charge in [-0.05, 0) is 74.8 Å². The molecular formula is C28H33N3O3. The first-order valence-electron chi connectivity index (χ1n) is 12.2. The van der Waals surface area contributed by atoms with E-state index in [1.165, 1.54) is 11.8 Å². The average molecular weight is 460 g/mol. The van der Waals surface area contributed by atoms with Crippen molar-refractivity contribution < 1.29 is 14.3 Å². The maximum absolute atomic E-state index is 11.2. The van der Waals surface area contributed by atoms with Gasteiger partial charge in [0.25, 0.3) is 0 Å². The van der Waals surface area contributed by atoms with Gasteiger partial charge in [0.1, 0.15) is 5.75 Å². The summed E-state index contributed by atoms with van der Waals surface area (Å²) in [6.07, 6.45) is 16.5. The number of hydrogen-bond donors (Lipinski definition) is 1. The monoisotopic (exact) mass is 459 g/mol. The second-order valence-electron chi connectivity index (χ2n) is 9.83. The molecule has 3 aliphatic rings. The molecular weight excluding hydrogens is 426 g/mol. The number of nitrogens with two attached hydrogens (primary N) is 1. The predicted molar refractivity (Wildman–Crippen MR) is 132 cm³/mol. The van der Waals surface area contributed by atoms with Gasteiger partial charge >= 0.3 is 0 Å². The normalized spacial score (nSPS) is 27.4. The molecule has 2 aliphatic carbocycles. The first-order valence-corrected chi connectivity index (χ1v) is 12.2. The van der Waals surface area contributed by atoms with Crippen molar-refractivity contribution in [3.8, 4) is 11.6 Å². The Morgan fingerprint density at radius 2 is 1.91 bits per heavy atom. The molecule has 1 saturated heterocycles. The van der Waals surface area contributed by atoms with Crippen LogP contribution >= 0.6 is 0 Å². The van der Waals surface area contributed by atoms with E-state index in [1.54, 1.807) is 12.1 Å². The Hall–Kier alpha value is -2.96. The summed E-state index contributed by atoms with van der Waals surface area (Å²) in [5.74, 6) is 1.93. The molecule has 0 bridgehead atoms. The van der Waals surface area contributed by atoms with Crippen LogP contribution in [0.3, 0.4) is 0 Å². The molecule has 2 heterocycles. The smallest absolute Gasteiger partial charge is 0.250 e. The lowest BCUT2D eigenvalue weighted by molar-refractivity contribution is -0.0741. The van der Waals surface area contributed by atoms with Crippen LogP contribution in [0.5, 0.6) is 11.6 Å². The van der Waals surface area contributed by atoms with Crippen LogP contribution < -0.4 is 10.5 Å². The molecule has 2 aromatic rings. The van der Waals surface area contributed by atoms with E-state index in [4.69, 9.17) is 15.2 Å². The van der Waals surface area contributed by atoms with Gasteiger partial charge in [-0.3, -0.25) is 4.79 Å². The number of amides is 1. The number of nitrogens with zero attached hydrogens (tertiary/aromatic N) is 2. The molecule has 1 fully saturated rings. The molecule has 1 aliphatic heterocycles. The zero-order valence-electron chi connectivity index (χ0n) is 19.7. The van der Waals surface area contributed by atoms with Crippen LogP contribution in [0.2, 0.25) is 0 Å². The maximum Gasteiger partial charge on any atom is 0.250 e. The summed E-state index contributed by atoms with van der Waals surface area (Å²) >= 11 is 0. The zero-order chi connectivity index (χ0) is 23.5. The highest BCUT2D eigenvalue weighted by molar-refractivity contribution is 5.92. The number of fused-ring (bicyclic) bond motifs is 3. The third-order valence-electron chi connectivity index (χ3n) is 7.51. The molecule has 2 N–H and O–H groups in total. The van der Waals surface area contributed by atoms with Crippen molar-refractivity contribution in [2.75, 3.05) is 20.1 Å². The number of hydrogen-bond acceptors (Lipinski definition) is 5. The van der Waals surface area contributed by atoms with E-state index >= 15 is 0 Å². The molecule has 0 saturated carbocycles. The van der Waals surface area contributed by atoms with E-state index in [9.17, 15) is 4.79 Å². The fraction of sp³-hybridized carbons (Fsp3) is 0.429. The van der Waals surface area contributed by atoms with Gasteiger partial charge < -0.3 is 20.1 Å². The van der Waals surface area contributed by atoms with Crippen LogP contribution in [0.4, 0.5) is 0 Å². The van der Waals surface area contributed by atoms with E-state index in [1.807, 2.05) is 12.1 Å². The number of rotatable bonds is 8. The summed E-state index contributed by atoms with van der Waals surface area (Å²) < 4.78 is 12.6. The average Bonchev–Trinajstić information content (AvgIpc) is 3.18. The van der Waals surface area contributed by atoms with Crippen molar-refractivity contribution >= 4 is 5.91 Å². The number of likely N-dealkylation sites (N-methyl/N-ethyl adjacent to an activating group) is 1. The number of aromatic nitrogens is 1. The van der Waals surface area contributed by atoms with Crippen molar-refractivity contribution in [2.24, 2.45) is 17.6 Å². The van der Waals surface area contributed by atoms with Crippen LogP contribution in [0, 0.1) is 11.8 Å². The molecule has 4 unspecified atom stereocenters. The molecule has 34 heavy (non-hydrogen) atoms. The molecule has 178 valence electrons. The molecule has 1 aromatic heterocycles. The number of pyridine rings is 1. The van der Waals surface area contributed by atoms with Gasteiger partial charge in [0.15, 0.2) is 0 Å². The Kier molecular flexibility index (Phi) is 6.53. The zero-order valence-corrected chi connectivity index (χ0v) is 19.7. The van der Waals surface area contributed by atoms with Crippen molar-refractivity contribution in [3.05, 3.63) is 78.0 Å². The number of benzene rings is 1. The lowest BCUT2D eigenvalue weighted by atomic mass is 9.70. The summed E-state index contributed by atoms with van der Waals surface area (Å²) in [6, 6.07) is 11.4. The van der Waals surface area contributed by atoms with E-state index < -0.39 is 5.91 Å². The van der Waals surface area contributed by atoms with Gasteiger partial charge in [-0.1, -0.05) is 36.4 Å². The van der Waals surface area contributed by atoms with Crippen LogP contribution in [-0.4, -0.2) is 47.6 Å². The fourth-order valence-corrected chi connectivity index (χ4v) is 5.77. The predicted octanol–water partition coefficient (Wildman–Crippen LogP) is 4.52. The highest BCUT2D eigenvalue weighted by atomic mass is 16.5. The minimum Gasteiger partial charge on any atom is -0.439 e. The number of allylic oxidation sites excluding steroid dienone is 2. The van der Waals surface area contributed by atoms with Gasteiger partial charge in [-0.2, -0.15) is 0 Å². The van der Waals surface area contributed by atoms with E-state index in [0.29, 0.717) is 35.1 Å². The maximum atomic E-state index is 11.2. The molecule has 0 radical (unpaired) electrons. The third-order valence-corrected chi connectivity index (χ3v) is 7.51. The lowest BCUT2D eigenvalue weighted by Crippen LogP contribution is -2.48. The summed E-state index contributed by atoms with van der Waals surface area (Å²) in [7, 11) is 2.21. The topological polar surface area (TPSA) is 77.7 Å². The van der Waals surface area contributed by atoms with Gasteiger partial charge in [-0.15, -0.1) is 0 Å². The second-order valence-corrected chi connectivity index (χ2v) is 9.83. The molecule has 0 spiro atoms. The molecule has 4 atom stereocenters. The molecule has 6 nitrogen and oxygen atoms in total. The van der Waals surface area contributed by atoms with Crippen LogP contribution in [0.1, 0.15) is 41.6 Å². The second kappa shape index (κ2) is 9.72. The number of carbonyl (C=O) groups excluding carboxylic acids is 1. The van der Waals surface area contributed by atoms with Crippen molar-refractivity contribution in [3.63, 3.8) is 0 Å². The van der Waals surface area contributed by atoms with Gasteiger partial charge in [-0.25, -0.2) is 4.98 Å². The highest BCUT2D eigenvalue weighted by Gasteiger charge is 2.54. The Morgan fingerprint density at radius 3 is 2.68 bits per heavy atom. The molecule has 5 rings (SSSR count). The molecule has 1 aromatic carbocycles. The first-order chi connectivity index (χ1) is 16.5. The van der Waals surface area contributed by atoms with Crippen molar-refractivity contribution in [2.45, 2.75) is 43.8 Å². The van der Waals surface area contributed by atoms with E-state index in [0.717, 1.165) is 45.2 Å². The summed E-state index contributed by atoms with van der Waals surface area (Å²) in [5, 5.41) is 0. The first kappa shape index (κ1) is 22.8. The van der Waals surface area contributed by atoms with Crippen LogP contribution in [0.15, 0.2) is 66.9 Å². The quantitative estimate of drug-likeness (QED) is 0.588. The number of ether oxygens (including phenoxy) is 2. The summed E-state index contributed by atoms with van der Waals surface area (Å²) in [5.41, 5.74) is 6.83. The Bertz CT molecular complexity index is 1060. The van der Waals surface area contributed by atoms with Gasteiger partial charge in [0.05, 0.1) is 17.3 Å². The lowest BCUT2D eigenvalue weighted by Gasteiger charge is -2.40. The van der Waals surface area contributed by atoms with Crippen LogP contribution in [-0.2, 0) is 11.2 Å². The molecule has 1 amide bonds. The van der Waals surface area contributed by atoms with E-state index in [-0.39, 0.29) is 5.60 Å². The Balaban J connectivity index is 1.15. The Morgan fingerprint density at radius 1 is 1.12 bits per heavy atom. The van der Waals surface area contributed by atoms with Gasteiger partial charge in [0.2, 0.25) is 11.8 Å². The standard InChI is InChI=1S/C28H33N3O3/c1-31(19-28-16-5-4-7-24(28)23-6-2-3-8-25(23)34-28)17-15-20-9-12-22(13-10-20)33-26-14-11-21(18-30-26)27(29)32/h2-5,9-14,18,23-25H,6-8,15-17,19H2,1H3,(H2,29,32). The van der Waals surface area contributed by atoms with E-state index in [2.05, 4.69) is 53.4 Å². The minimum absolute atomic E-state index is 0.0421.